The Kier molecular flexibility index (Phi) is 7.02. The number of carbonyl (C=O) groups is 3. The summed E-state index contributed by atoms with van der Waals surface area (Å²) in [6, 6.07) is 8.38. The lowest BCUT2D eigenvalue weighted by Gasteiger charge is -2.49. The van der Waals surface area contributed by atoms with Crippen LogP contribution in [0.25, 0.3) is 10.1 Å². The van der Waals surface area contributed by atoms with Crippen LogP contribution in [0.1, 0.15) is 4.88 Å². The van der Waals surface area contributed by atoms with Gasteiger partial charge in [0.05, 0.1) is 10.6 Å². The molecule has 2 N–H and O–H groups in total. The molecule has 1 saturated heterocycles. The highest BCUT2D eigenvalue weighted by Gasteiger charge is 2.53. The Hall–Kier alpha value is -2.93. The van der Waals surface area contributed by atoms with Crippen LogP contribution in [0, 0.1) is 5.82 Å². The molecule has 2 amide bonds. The normalized spacial score (nSPS) is 19.5. The number of allylic oxidation sites excluding steroid dienone is 1. The standard InChI is InChI=1S/C24H17FN2O5S4/c25-13-3-4-15-16(28)10-19(36-17(15)8-13)34-7-5-12-11-35-23-20(22(30)27(23)21(12)24(31)32)26-18(29)9-14-2-1-6-33-14/h1-8,10,20,23H,9,11H2,(H,26,29)(H,31,32)/b7-5+. The van der Waals surface area contributed by atoms with E-state index in [0.717, 1.165) is 4.88 Å². The number of hydrogen-bond donors (Lipinski definition) is 2. The summed E-state index contributed by atoms with van der Waals surface area (Å²) in [6.45, 7) is 0. The third kappa shape index (κ3) is 4.85. The highest BCUT2D eigenvalue weighted by Crippen LogP contribution is 2.41. The first-order valence-electron chi connectivity index (χ1n) is 10.6. The van der Waals surface area contributed by atoms with Crippen LogP contribution >= 0.6 is 46.2 Å². The van der Waals surface area contributed by atoms with E-state index in [1.165, 1.54) is 75.4 Å². The van der Waals surface area contributed by atoms with Crippen molar-refractivity contribution in [2.75, 3.05) is 5.75 Å². The van der Waals surface area contributed by atoms with Crippen molar-refractivity contribution in [3.05, 3.63) is 85.5 Å². The summed E-state index contributed by atoms with van der Waals surface area (Å²) in [7, 11) is 0. The number of amides is 2. The average Bonchev–Trinajstić information content (AvgIpc) is 3.34. The van der Waals surface area contributed by atoms with E-state index in [-0.39, 0.29) is 23.5 Å². The molecule has 2 unspecified atom stereocenters. The van der Waals surface area contributed by atoms with Crippen LogP contribution in [0.4, 0.5) is 4.39 Å². The van der Waals surface area contributed by atoms with Crippen LogP contribution in [0.3, 0.4) is 0 Å². The van der Waals surface area contributed by atoms with Crippen LogP contribution in [0.15, 0.2) is 73.5 Å². The molecule has 5 rings (SSSR count). The molecule has 3 aromatic rings. The van der Waals surface area contributed by atoms with Crippen LogP contribution in [0.2, 0.25) is 0 Å². The van der Waals surface area contributed by atoms with Crippen molar-refractivity contribution in [3.63, 3.8) is 0 Å². The van der Waals surface area contributed by atoms with Gasteiger partial charge in [-0.25, -0.2) is 9.18 Å². The van der Waals surface area contributed by atoms with Crippen molar-refractivity contribution < 1.29 is 23.9 Å². The molecule has 0 aliphatic carbocycles. The van der Waals surface area contributed by atoms with Gasteiger partial charge in [0.25, 0.3) is 5.91 Å². The van der Waals surface area contributed by atoms with Crippen LogP contribution in [-0.4, -0.2) is 45.0 Å². The minimum atomic E-state index is -1.23. The van der Waals surface area contributed by atoms with Gasteiger partial charge in [-0.2, -0.15) is 0 Å². The van der Waals surface area contributed by atoms with Crippen molar-refractivity contribution in [1.82, 2.24) is 10.2 Å². The van der Waals surface area contributed by atoms with E-state index in [2.05, 4.69) is 5.32 Å². The fourth-order valence-electron chi connectivity index (χ4n) is 3.92. The minimum absolute atomic E-state index is 0.113. The summed E-state index contributed by atoms with van der Waals surface area (Å²) in [4.78, 5) is 51.6. The Labute approximate surface area is 220 Å². The second kappa shape index (κ2) is 10.2. The summed E-state index contributed by atoms with van der Waals surface area (Å²) in [5, 5.41) is 16.0. The first-order chi connectivity index (χ1) is 17.3. The molecule has 0 bridgehead atoms. The molecule has 1 aromatic carbocycles. The lowest BCUT2D eigenvalue weighted by atomic mass is 10.0. The highest BCUT2D eigenvalue weighted by molar-refractivity contribution is 8.04. The first kappa shape index (κ1) is 24.8. The molecule has 36 heavy (non-hydrogen) atoms. The van der Waals surface area contributed by atoms with Crippen molar-refractivity contribution in [2.24, 2.45) is 0 Å². The van der Waals surface area contributed by atoms with Crippen LogP contribution in [-0.2, 0) is 20.8 Å². The first-order valence-corrected chi connectivity index (χ1v) is 14.2. The maximum Gasteiger partial charge on any atom is 0.352 e. The number of hydrogen-bond acceptors (Lipinski definition) is 8. The number of nitrogens with one attached hydrogen (secondary N) is 1. The minimum Gasteiger partial charge on any atom is -0.477 e. The number of carboxylic acids is 1. The molecule has 0 radical (unpaired) electrons. The molecule has 7 nitrogen and oxygen atoms in total. The van der Waals surface area contributed by atoms with Crippen molar-refractivity contribution in [3.8, 4) is 0 Å². The van der Waals surface area contributed by atoms with E-state index in [1.54, 1.807) is 11.5 Å². The van der Waals surface area contributed by atoms with Gasteiger partial charge in [-0.15, -0.1) is 34.4 Å². The van der Waals surface area contributed by atoms with Gasteiger partial charge in [0.15, 0.2) is 5.43 Å². The van der Waals surface area contributed by atoms with E-state index >= 15 is 0 Å². The number of thiophene rings is 1. The lowest BCUT2D eigenvalue weighted by molar-refractivity contribution is -0.150. The van der Waals surface area contributed by atoms with E-state index < -0.39 is 29.1 Å². The van der Waals surface area contributed by atoms with E-state index in [0.29, 0.717) is 25.6 Å². The Morgan fingerprint density at radius 3 is 2.83 bits per heavy atom. The molecule has 2 aromatic heterocycles. The molecule has 4 heterocycles. The number of rotatable bonds is 7. The number of thioether (sulfide) groups is 2. The predicted molar refractivity (Wildman–Crippen MR) is 141 cm³/mol. The highest BCUT2D eigenvalue weighted by atomic mass is 32.2. The molecule has 2 aliphatic rings. The molecule has 0 spiro atoms. The van der Waals surface area contributed by atoms with Crippen LogP contribution < -0.4 is 10.7 Å². The third-order valence-corrected chi connectivity index (χ3v) is 9.77. The van der Waals surface area contributed by atoms with Crippen molar-refractivity contribution >= 4 is 74.1 Å². The lowest BCUT2D eigenvalue weighted by Crippen LogP contribution is -2.70. The van der Waals surface area contributed by atoms with E-state index in [1.807, 2.05) is 17.5 Å². The van der Waals surface area contributed by atoms with Gasteiger partial charge in [-0.05, 0) is 46.7 Å². The average molecular weight is 561 g/mol. The maximum atomic E-state index is 13.6. The second-order valence-electron chi connectivity index (χ2n) is 7.88. The fourth-order valence-corrected chi connectivity index (χ4v) is 7.94. The molecular formula is C24H17FN2O5S4. The SMILES string of the molecule is O=C(Cc1cccs1)NC1C(=O)N2C(C(=O)O)=C(/C=C/Sc3cc(=O)c4ccc(F)cc4s3)CSC12. The Morgan fingerprint density at radius 2 is 2.08 bits per heavy atom. The maximum absolute atomic E-state index is 13.6. The summed E-state index contributed by atoms with van der Waals surface area (Å²) in [5.41, 5.74) is 0.116. The number of halogens is 1. The summed E-state index contributed by atoms with van der Waals surface area (Å²) < 4.78 is 14.7. The zero-order chi connectivity index (χ0) is 25.4. The van der Waals surface area contributed by atoms with Gasteiger partial charge < -0.3 is 10.4 Å². The third-order valence-electron chi connectivity index (χ3n) is 5.55. The number of carboxylic acid groups (broad SMARTS) is 1. The molecule has 2 atom stereocenters. The fraction of sp³-hybridized carbons (Fsp3) is 0.167. The molecule has 184 valence electrons. The quantitative estimate of drug-likeness (QED) is 0.332. The van der Waals surface area contributed by atoms with Gasteiger partial charge in [0.1, 0.15) is 22.9 Å². The zero-order valence-corrected chi connectivity index (χ0v) is 21.6. The van der Waals surface area contributed by atoms with Crippen molar-refractivity contribution in [1.29, 1.82) is 0 Å². The summed E-state index contributed by atoms with van der Waals surface area (Å²) >= 11 is 5.30. The zero-order valence-electron chi connectivity index (χ0n) is 18.3. The molecule has 2 aliphatic heterocycles. The van der Waals surface area contributed by atoms with Gasteiger partial charge in [0, 0.05) is 26.8 Å². The molecular weight excluding hydrogens is 544 g/mol. The molecule has 1 fully saturated rings. The topological polar surface area (TPSA) is 104 Å². The summed E-state index contributed by atoms with van der Waals surface area (Å²) in [6.07, 6.45) is 1.78. The number of fused-ring (bicyclic) bond motifs is 2. The van der Waals surface area contributed by atoms with E-state index in [4.69, 9.17) is 0 Å². The van der Waals surface area contributed by atoms with Gasteiger partial charge in [0.2, 0.25) is 5.91 Å². The van der Waals surface area contributed by atoms with Gasteiger partial charge >= 0.3 is 5.97 Å². The van der Waals surface area contributed by atoms with E-state index in [9.17, 15) is 28.7 Å². The number of aliphatic carboxylic acids is 1. The summed E-state index contributed by atoms with van der Waals surface area (Å²) in [5.74, 6) is -2.07. The van der Waals surface area contributed by atoms with Crippen molar-refractivity contribution in [2.45, 2.75) is 22.0 Å². The number of nitrogens with zero attached hydrogens (tertiary/aromatic N) is 1. The number of benzene rings is 1. The monoisotopic (exact) mass is 560 g/mol. The Morgan fingerprint density at radius 1 is 1.25 bits per heavy atom. The second-order valence-corrected chi connectivity index (χ2v) is 12.3. The van der Waals surface area contributed by atoms with Gasteiger partial charge in [-0.3, -0.25) is 19.3 Å². The molecule has 0 saturated carbocycles. The van der Waals surface area contributed by atoms with Gasteiger partial charge in [-0.1, -0.05) is 17.8 Å². The largest absolute Gasteiger partial charge is 0.477 e. The predicted octanol–water partition coefficient (Wildman–Crippen LogP) is 4.05. The van der Waals surface area contributed by atoms with Crippen LogP contribution in [0.5, 0.6) is 0 Å². The smallest absolute Gasteiger partial charge is 0.352 e. The molecule has 12 heteroatoms. The Balaban J connectivity index is 1.30. The number of β-lactam (4-membered cyclic amide) rings is 1. The number of carbonyl (C=O) groups excluding carboxylic acids is 2. The Bertz CT molecular complexity index is 1500.